The Bertz CT molecular complexity index is 158. The molecule has 1 rings (SSSR count). The lowest BCUT2D eigenvalue weighted by Crippen LogP contribution is -2.25. The van der Waals surface area contributed by atoms with Crippen LogP contribution in [0.4, 0.5) is 0 Å². The highest BCUT2D eigenvalue weighted by Crippen LogP contribution is 2.18. The quantitative estimate of drug-likeness (QED) is 0.731. The van der Waals surface area contributed by atoms with Crippen LogP contribution in [-0.4, -0.2) is 30.3 Å². The van der Waals surface area contributed by atoms with Gasteiger partial charge in [0.2, 0.25) is 0 Å². The standard InChI is InChI=1S/C12H25NOS/c1-10(2)8-15-9-11(13)5-6-12-4-3-7-14-12/h10-12H,3-9,13H2,1-2H3. The monoisotopic (exact) mass is 231 g/mol. The van der Waals surface area contributed by atoms with Gasteiger partial charge in [0.25, 0.3) is 0 Å². The number of rotatable bonds is 7. The minimum atomic E-state index is 0.359. The van der Waals surface area contributed by atoms with E-state index in [0.717, 1.165) is 31.1 Å². The van der Waals surface area contributed by atoms with Gasteiger partial charge < -0.3 is 10.5 Å². The summed E-state index contributed by atoms with van der Waals surface area (Å²) in [5, 5.41) is 0. The molecule has 0 spiro atoms. The summed E-state index contributed by atoms with van der Waals surface area (Å²) >= 11 is 1.99. The second-order valence-corrected chi connectivity index (χ2v) is 5.98. The molecule has 1 saturated heterocycles. The van der Waals surface area contributed by atoms with Gasteiger partial charge >= 0.3 is 0 Å². The van der Waals surface area contributed by atoms with Crippen LogP contribution in [0.1, 0.15) is 39.5 Å². The number of hydrogen-bond donors (Lipinski definition) is 1. The molecule has 3 heteroatoms. The van der Waals surface area contributed by atoms with Gasteiger partial charge in [0.05, 0.1) is 6.10 Å². The van der Waals surface area contributed by atoms with Gasteiger partial charge in [-0.25, -0.2) is 0 Å². The predicted molar refractivity (Wildman–Crippen MR) is 68.3 cm³/mol. The summed E-state index contributed by atoms with van der Waals surface area (Å²) in [5.41, 5.74) is 6.06. The summed E-state index contributed by atoms with van der Waals surface area (Å²) in [6.07, 6.45) is 5.26. The summed E-state index contributed by atoms with van der Waals surface area (Å²) in [5.74, 6) is 3.11. The van der Waals surface area contributed by atoms with Crippen molar-refractivity contribution in [3.63, 3.8) is 0 Å². The van der Waals surface area contributed by atoms with Crippen LogP contribution >= 0.6 is 11.8 Å². The molecule has 0 aromatic carbocycles. The van der Waals surface area contributed by atoms with Gasteiger partial charge in [0, 0.05) is 18.4 Å². The molecule has 0 aliphatic carbocycles. The van der Waals surface area contributed by atoms with Crippen molar-refractivity contribution in [1.29, 1.82) is 0 Å². The van der Waals surface area contributed by atoms with E-state index in [1.54, 1.807) is 0 Å². The third-order valence-corrected chi connectivity index (χ3v) is 4.23. The van der Waals surface area contributed by atoms with Crippen LogP contribution in [0.3, 0.4) is 0 Å². The lowest BCUT2D eigenvalue weighted by atomic mass is 10.1. The van der Waals surface area contributed by atoms with Gasteiger partial charge in [-0.2, -0.15) is 11.8 Å². The van der Waals surface area contributed by atoms with E-state index < -0.39 is 0 Å². The second-order valence-electron chi connectivity index (χ2n) is 4.90. The van der Waals surface area contributed by atoms with E-state index in [1.807, 2.05) is 11.8 Å². The lowest BCUT2D eigenvalue weighted by Gasteiger charge is -2.14. The Balaban J connectivity index is 1.95. The molecule has 15 heavy (non-hydrogen) atoms. The molecule has 1 aliphatic rings. The van der Waals surface area contributed by atoms with Crippen LogP contribution in [0.2, 0.25) is 0 Å². The van der Waals surface area contributed by atoms with Gasteiger partial charge in [-0.15, -0.1) is 0 Å². The van der Waals surface area contributed by atoms with Crippen molar-refractivity contribution in [2.24, 2.45) is 11.7 Å². The van der Waals surface area contributed by atoms with E-state index in [1.165, 1.54) is 18.6 Å². The normalized spacial score (nSPS) is 23.6. The average molecular weight is 231 g/mol. The van der Waals surface area contributed by atoms with E-state index in [9.17, 15) is 0 Å². The highest BCUT2D eigenvalue weighted by molar-refractivity contribution is 7.99. The maximum atomic E-state index is 6.06. The van der Waals surface area contributed by atoms with E-state index >= 15 is 0 Å². The molecule has 2 N–H and O–H groups in total. The van der Waals surface area contributed by atoms with E-state index in [0.29, 0.717) is 12.1 Å². The van der Waals surface area contributed by atoms with Crippen molar-refractivity contribution >= 4 is 11.8 Å². The molecule has 90 valence electrons. The molecule has 0 aromatic heterocycles. The molecule has 1 heterocycles. The summed E-state index contributed by atoms with van der Waals surface area (Å²) < 4.78 is 5.58. The van der Waals surface area contributed by atoms with Gasteiger partial charge in [-0.3, -0.25) is 0 Å². The number of nitrogens with two attached hydrogens (primary N) is 1. The van der Waals surface area contributed by atoms with Gasteiger partial charge in [0.15, 0.2) is 0 Å². The first-order chi connectivity index (χ1) is 7.18. The first kappa shape index (κ1) is 13.3. The van der Waals surface area contributed by atoms with Crippen molar-refractivity contribution in [1.82, 2.24) is 0 Å². The molecule has 0 aromatic rings. The molecular weight excluding hydrogens is 206 g/mol. The maximum absolute atomic E-state index is 6.06. The summed E-state index contributed by atoms with van der Waals surface area (Å²) in [6, 6.07) is 0.359. The average Bonchev–Trinajstić information content (AvgIpc) is 2.66. The van der Waals surface area contributed by atoms with Crippen LogP contribution in [0.5, 0.6) is 0 Å². The van der Waals surface area contributed by atoms with Crippen LogP contribution in [0.25, 0.3) is 0 Å². The SMILES string of the molecule is CC(C)CSCC(N)CCC1CCCO1. The molecule has 2 unspecified atom stereocenters. The Morgan fingerprint density at radius 2 is 2.20 bits per heavy atom. The first-order valence-corrected chi connectivity index (χ1v) is 7.29. The van der Waals surface area contributed by atoms with Crippen LogP contribution in [-0.2, 0) is 4.74 Å². The Hall–Kier alpha value is 0.270. The minimum absolute atomic E-state index is 0.359. The highest BCUT2D eigenvalue weighted by Gasteiger charge is 2.16. The molecule has 0 bridgehead atoms. The van der Waals surface area contributed by atoms with Crippen molar-refractivity contribution in [2.75, 3.05) is 18.1 Å². The smallest absolute Gasteiger partial charge is 0.0576 e. The summed E-state index contributed by atoms with van der Waals surface area (Å²) in [7, 11) is 0. The second kappa shape index (κ2) is 7.53. The number of ether oxygens (including phenoxy) is 1. The number of thioether (sulfide) groups is 1. The van der Waals surface area contributed by atoms with E-state index in [-0.39, 0.29) is 0 Å². The van der Waals surface area contributed by atoms with Crippen LogP contribution in [0, 0.1) is 5.92 Å². The van der Waals surface area contributed by atoms with Crippen LogP contribution < -0.4 is 5.73 Å². The van der Waals surface area contributed by atoms with E-state index in [4.69, 9.17) is 10.5 Å². The Morgan fingerprint density at radius 1 is 1.40 bits per heavy atom. The summed E-state index contributed by atoms with van der Waals surface area (Å²) in [4.78, 5) is 0. The van der Waals surface area contributed by atoms with Crippen LogP contribution in [0.15, 0.2) is 0 Å². The third-order valence-electron chi connectivity index (χ3n) is 2.67. The number of hydrogen-bond acceptors (Lipinski definition) is 3. The van der Waals surface area contributed by atoms with Gasteiger partial charge in [0.1, 0.15) is 0 Å². The minimum Gasteiger partial charge on any atom is -0.378 e. The Labute approximate surface area is 98.3 Å². The fourth-order valence-electron chi connectivity index (χ4n) is 1.81. The molecule has 2 atom stereocenters. The van der Waals surface area contributed by atoms with Crippen molar-refractivity contribution in [2.45, 2.75) is 51.7 Å². The lowest BCUT2D eigenvalue weighted by molar-refractivity contribution is 0.101. The predicted octanol–water partition coefficient (Wildman–Crippen LogP) is 2.66. The molecule has 0 amide bonds. The largest absolute Gasteiger partial charge is 0.378 e. The van der Waals surface area contributed by atoms with Gasteiger partial charge in [-0.05, 0) is 37.4 Å². The zero-order valence-electron chi connectivity index (χ0n) is 10.1. The molecule has 1 fully saturated rings. The fourth-order valence-corrected chi connectivity index (χ4v) is 2.89. The van der Waals surface area contributed by atoms with Crippen molar-refractivity contribution in [3.8, 4) is 0 Å². The molecule has 2 nitrogen and oxygen atoms in total. The van der Waals surface area contributed by atoms with E-state index in [2.05, 4.69) is 13.8 Å². The maximum Gasteiger partial charge on any atom is 0.0576 e. The summed E-state index contributed by atoms with van der Waals surface area (Å²) in [6.45, 7) is 5.47. The molecule has 1 aliphatic heterocycles. The molecular formula is C12H25NOS. The Morgan fingerprint density at radius 3 is 2.80 bits per heavy atom. The fraction of sp³-hybridized carbons (Fsp3) is 1.00. The zero-order valence-corrected chi connectivity index (χ0v) is 10.9. The zero-order chi connectivity index (χ0) is 11.1. The topological polar surface area (TPSA) is 35.2 Å². The van der Waals surface area contributed by atoms with Gasteiger partial charge in [-0.1, -0.05) is 13.8 Å². The third kappa shape index (κ3) is 6.44. The first-order valence-electron chi connectivity index (χ1n) is 6.13. The Kier molecular flexibility index (Phi) is 6.69. The molecule has 0 saturated carbocycles. The highest BCUT2D eigenvalue weighted by atomic mass is 32.2. The van der Waals surface area contributed by atoms with Crippen molar-refractivity contribution in [3.05, 3.63) is 0 Å². The molecule has 0 radical (unpaired) electrons. The van der Waals surface area contributed by atoms with Crippen molar-refractivity contribution < 1.29 is 4.74 Å².